The molecule has 1 unspecified atom stereocenters. The first-order valence-electron chi connectivity index (χ1n) is 6.94. The van der Waals surface area contributed by atoms with Crippen molar-refractivity contribution in [3.63, 3.8) is 0 Å². The lowest BCUT2D eigenvalue weighted by Crippen LogP contribution is -2.42. The van der Waals surface area contributed by atoms with Gasteiger partial charge in [0.1, 0.15) is 17.6 Å². The number of nitrogens with zero attached hydrogens (tertiary/aromatic N) is 1. The van der Waals surface area contributed by atoms with Crippen molar-refractivity contribution >= 4 is 29.9 Å². The van der Waals surface area contributed by atoms with Gasteiger partial charge in [-0.05, 0) is 37.6 Å². The van der Waals surface area contributed by atoms with E-state index in [1.807, 2.05) is 31.2 Å². The molecule has 0 saturated carbocycles. The molecule has 1 aromatic carbocycles. The first-order chi connectivity index (χ1) is 9.69. The molecule has 120 valence electrons. The Labute approximate surface area is 144 Å². The van der Waals surface area contributed by atoms with Gasteiger partial charge in [0.05, 0.1) is 13.7 Å². The third-order valence-electron chi connectivity index (χ3n) is 2.72. The number of benzene rings is 1. The summed E-state index contributed by atoms with van der Waals surface area (Å²) in [6.07, 6.45) is 1.11. The number of guanidine groups is 1. The zero-order valence-electron chi connectivity index (χ0n) is 13.2. The van der Waals surface area contributed by atoms with E-state index < -0.39 is 0 Å². The fourth-order valence-electron chi connectivity index (χ4n) is 1.63. The smallest absolute Gasteiger partial charge is 0.191 e. The van der Waals surface area contributed by atoms with Crippen molar-refractivity contribution in [2.45, 2.75) is 26.4 Å². The summed E-state index contributed by atoms with van der Waals surface area (Å²) in [6.45, 7) is 5.74. The van der Waals surface area contributed by atoms with Gasteiger partial charge in [0.2, 0.25) is 0 Å². The molecule has 0 aliphatic rings. The number of ether oxygens (including phenoxy) is 2. The van der Waals surface area contributed by atoms with Gasteiger partial charge < -0.3 is 20.1 Å². The zero-order chi connectivity index (χ0) is 14.8. The minimum atomic E-state index is 0. The molecule has 0 radical (unpaired) electrons. The summed E-state index contributed by atoms with van der Waals surface area (Å²) in [5.41, 5.74) is 0. The van der Waals surface area contributed by atoms with Crippen molar-refractivity contribution < 1.29 is 9.47 Å². The molecule has 0 aliphatic heterocycles. The Bertz CT molecular complexity index is 410. The van der Waals surface area contributed by atoms with Crippen LogP contribution in [0, 0.1) is 0 Å². The predicted octanol–water partition coefficient (Wildman–Crippen LogP) is 2.66. The second kappa shape index (κ2) is 11.5. The van der Waals surface area contributed by atoms with Gasteiger partial charge in [0.25, 0.3) is 0 Å². The molecule has 0 bridgehead atoms. The van der Waals surface area contributed by atoms with Crippen molar-refractivity contribution in [3.8, 4) is 11.5 Å². The number of halogens is 1. The lowest BCUT2D eigenvalue weighted by atomic mass is 10.3. The van der Waals surface area contributed by atoms with Crippen LogP contribution in [0.1, 0.15) is 20.3 Å². The first-order valence-corrected chi connectivity index (χ1v) is 6.94. The normalized spacial score (nSPS) is 12.1. The van der Waals surface area contributed by atoms with Gasteiger partial charge in [-0.3, -0.25) is 4.99 Å². The molecular weight excluding hydrogens is 381 g/mol. The maximum absolute atomic E-state index is 5.81. The first kappa shape index (κ1) is 19.8. The second-order valence-corrected chi connectivity index (χ2v) is 4.48. The van der Waals surface area contributed by atoms with E-state index in [4.69, 9.17) is 9.47 Å². The number of hydrogen-bond acceptors (Lipinski definition) is 3. The minimum absolute atomic E-state index is 0. The molecule has 0 amide bonds. The summed E-state index contributed by atoms with van der Waals surface area (Å²) in [7, 11) is 3.41. The van der Waals surface area contributed by atoms with Crippen LogP contribution in [0.3, 0.4) is 0 Å². The van der Waals surface area contributed by atoms with Crippen molar-refractivity contribution in [1.82, 2.24) is 10.6 Å². The van der Waals surface area contributed by atoms with Crippen LogP contribution in [0.15, 0.2) is 29.3 Å². The number of aliphatic imine (C=N–C) groups is 1. The summed E-state index contributed by atoms with van der Waals surface area (Å²) >= 11 is 0. The molecule has 0 heterocycles. The molecule has 21 heavy (non-hydrogen) atoms. The molecule has 0 spiro atoms. The molecule has 0 fully saturated rings. The average molecular weight is 407 g/mol. The SMILES string of the molecule is CCCNC(=NC)NCC(C)Oc1ccc(OC)cc1.I. The molecule has 1 rings (SSSR count). The molecular formula is C15H26IN3O2. The van der Waals surface area contributed by atoms with Crippen LogP contribution >= 0.6 is 24.0 Å². The van der Waals surface area contributed by atoms with Gasteiger partial charge in [-0.2, -0.15) is 0 Å². The van der Waals surface area contributed by atoms with Crippen LogP contribution < -0.4 is 20.1 Å². The highest BCUT2D eigenvalue weighted by Gasteiger charge is 2.05. The highest BCUT2D eigenvalue weighted by atomic mass is 127. The minimum Gasteiger partial charge on any atom is -0.497 e. The maximum Gasteiger partial charge on any atom is 0.191 e. The van der Waals surface area contributed by atoms with E-state index in [1.165, 1.54) is 0 Å². The van der Waals surface area contributed by atoms with Crippen LogP contribution in [0.4, 0.5) is 0 Å². The molecule has 5 nitrogen and oxygen atoms in total. The molecule has 0 saturated heterocycles. The highest BCUT2D eigenvalue weighted by molar-refractivity contribution is 14.0. The van der Waals surface area contributed by atoms with Gasteiger partial charge in [0.15, 0.2) is 5.96 Å². The third-order valence-corrected chi connectivity index (χ3v) is 2.72. The largest absolute Gasteiger partial charge is 0.497 e. The van der Waals surface area contributed by atoms with Crippen LogP contribution in [0.2, 0.25) is 0 Å². The predicted molar refractivity (Wildman–Crippen MR) is 98.2 cm³/mol. The number of nitrogens with one attached hydrogen (secondary N) is 2. The van der Waals surface area contributed by atoms with E-state index in [0.29, 0.717) is 6.54 Å². The fourth-order valence-corrected chi connectivity index (χ4v) is 1.63. The van der Waals surface area contributed by atoms with Crippen molar-refractivity contribution in [1.29, 1.82) is 0 Å². The summed E-state index contributed by atoms with van der Waals surface area (Å²) < 4.78 is 10.9. The van der Waals surface area contributed by atoms with E-state index in [0.717, 1.165) is 30.4 Å². The number of rotatable bonds is 7. The Morgan fingerprint density at radius 3 is 2.33 bits per heavy atom. The van der Waals surface area contributed by atoms with E-state index in [9.17, 15) is 0 Å². The van der Waals surface area contributed by atoms with Crippen LogP contribution in [0.25, 0.3) is 0 Å². The highest BCUT2D eigenvalue weighted by Crippen LogP contribution is 2.17. The average Bonchev–Trinajstić information content (AvgIpc) is 2.48. The van der Waals surface area contributed by atoms with Gasteiger partial charge in [-0.1, -0.05) is 6.92 Å². The Balaban J connectivity index is 0.00000400. The van der Waals surface area contributed by atoms with Gasteiger partial charge in [-0.15, -0.1) is 24.0 Å². The number of hydrogen-bond donors (Lipinski definition) is 2. The third kappa shape index (κ3) is 7.99. The molecule has 2 N–H and O–H groups in total. The summed E-state index contributed by atoms with van der Waals surface area (Å²) in [5.74, 6) is 2.46. The molecule has 1 atom stereocenters. The quantitative estimate of drug-likeness (QED) is 0.415. The lowest BCUT2D eigenvalue weighted by molar-refractivity contribution is 0.223. The monoisotopic (exact) mass is 407 g/mol. The van der Waals surface area contributed by atoms with Gasteiger partial charge >= 0.3 is 0 Å². The van der Waals surface area contributed by atoms with E-state index >= 15 is 0 Å². The molecule has 0 aliphatic carbocycles. The van der Waals surface area contributed by atoms with Crippen molar-refractivity contribution in [2.75, 3.05) is 27.2 Å². The summed E-state index contributed by atoms with van der Waals surface area (Å²) in [5, 5.41) is 6.46. The van der Waals surface area contributed by atoms with Gasteiger partial charge in [0, 0.05) is 13.6 Å². The van der Waals surface area contributed by atoms with Crippen LogP contribution in [-0.2, 0) is 0 Å². The van der Waals surface area contributed by atoms with Gasteiger partial charge in [-0.25, -0.2) is 0 Å². The molecule has 0 aromatic heterocycles. The standard InChI is InChI=1S/C15H25N3O2.HI/c1-5-10-17-15(16-3)18-11-12(2)20-14-8-6-13(19-4)7-9-14;/h6-9,12H,5,10-11H2,1-4H3,(H2,16,17,18);1H. The summed E-state index contributed by atoms with van der Waals surface area (Å²) in [6, 6.07) is 7.58. The topological polar surface area (TPSA) is 54.9 Å². The molecule has 6 heteroatoms. The maximum atomic E-state index is 5.81. The Hall–Kier alpha value is -1.18. The van der Waals surface area contributed by atoms with E-state index in [1.54, 1.807) is 14.2 Å². The Morgan fingerprint density at radius 1 is 1.19 bits per heavy atom. The summed E-state index contributed by atoms with van der Waals surface area (Å²) in [4.78, 5) is 4.15. The van der Waals surface area contributed by atoms with E-state index in [-0.39, 0.29) is 30.1 Å². The fraction of sp³-hybridized carbons (Fsp3) is 0.533. The Kier molecular flexibility index (Phi) is 10.8. The van der Waals surface area contributed by atoms with Crippen LogP contribution in [0.5, 0.6) is 11.5 Å². The second-order valence-electron chi connectivity index (χ2n) is 4.48. The molecule has 1 aromatic rings. The van der Waals surface area contributed by atoms with Crippen LogP contribution in [-0.4, -0.2) is 39.3 Å². The Morgan fingerprint density at radius 2 is 1.81 bits per heavy atom. The van der Waals surface area contributed by atoms with E-state index in [2.05, 4.69) is 22.5 Å². The zero-order valence-corrected chi connectivity index (χ0v) is 15.5. The van der Waals surface area contributed by atoms with Crippen molar-refractivity contribution in [3.05, 3.63) is 24.3 Å². The van der Waals surface area contributed by atoms with Crippen molar-refractivity contribution in [2.24, 2.45) is 4.99 Å². The lowest BCUT2D eigenvalue weighted by Gasteiger charge is -2.17. The number of methoxy groups -OCH3 is 1.